The summed E-state index contributed by atoms with van der Waals surface area (Å²) in [4.78, 5) is 20.3. The van der Waals surface area contributed by atoms with E-state index in [9.17, 15) is 9.59 Å². The molecular formula is C15H32N2O4. The Kier molecular flexibility index (Phi) is 17.8. The van der Waals surface area contributed by atoms with Crippen molar-refractivity contribution in [3.05, 3.63) is 0 Å². The second-order valence-electron chi connectivity index (χ2n) is 5.21. The molecule has 0 aliphatic carbocycles. The number of unbranched alkanes of at least 4 members (excludes halogenated alkanes) is 6. The van der Waals surface area contributed by atoms with Crippen LogP contribution >= 0.6 is 0 Å². The van der Waals surface area contributed by atoms with Crippen LogP contribution in [0, 0.1) is 0 Å². The fraction of sp³-hybridized carbons (Fsp3) is 0.867. The molecule has 0 unspecified atom stereocenters. The fourth-order valence-electron chi connectivity index (χ4n) is 1.70. The van der Waals surface area contributed by atoms with Crippen LogP contribution in [0.4, 0.5) is 0 Å². The SMILES string of the molecule is CCCCC(N)N.O=C(O)CCCCCCCCC(=O)O. The van der Waals surface area contributed by atoms with Crippen LogP contribution in [-0.2, 0) is 9.59 Å². The maximum Gasteiger partial charge on any atom is 0.303 e. The summed E-state index contributed by atoms with van der Waals surface area (Å²) in [5.41, 5.74) is 10.5. The van der Waals surface area contributed by atoms with Crippen LogP contribution in [-0.4, -0.2) is 28.3 Å². The molecule has 0 fully saturated rings. The van der Waals surface area contributed by atoms with Gasteiger partial charge < -0.3 is 21.7 Å². The second-order valence-corrected chi connectivity index (χ2v) is 5.21. The van der Waals surface area contributed by atoms with Crippen LogP contribution in [0.25, 0.3) is 0 Å². The summed E-state index contributed by atoms with van der Waals surface area (Å²) in [7, 11) is 0. The maximum absolute atomic E-state index is 10.1. The van der Waals surface area contributed by atoms with Crippen molar-refractivity contribution in [2.24, 2.45) is 11.5 Å². The fourth-order valence-corrected chi connectivity index (χ4v) is 1.70. The number of rotatable bonds is 12. The largest absolute Gasteiger partial charge is 0.481 e. The van der Waals surface area contributed by atoms with Gasteiger partial charge in [0.1, 0.15) is 0 Å². The van der Waals surface area contributed by atoms with E-state index in [4.69, 9.17) is 21.7 Å². The zero-order valence-electron chi connectivity index (χ0n) is 13.2. The molecule has 0 spiro atoms. The summed E-state index contributed by atoms with van der Waals surface area (Å²) < 4.78 is 0. The van der Waals surface area contributed by atoms with E-state index in [1.54, 1.807) is 0 Å². The minimum absolute atomic E-state index is 0.0973. The molecule has 0 aromatic rings. The van der Waals surface area contributed by atoms with Gasteiger partial charge in [0.15, 0.2) is 0 Å². The Labute approximate surface area is 127 Å². The molecule has 0 aromatic carbocycles. The van der Waals surface area contributed by atoms with E-state index in [1.807, 2.05) is 0 Å². The molecule has 21 heavy (non-hydrogen) atoms. The number of carboxylic acids is 2. The standard InChI is InChI=1S/C10H18O4.C5H14N2/c11-9(12)7-5-3-1-2-4-6-8-10(13)14;1-2-3-4-5(6)7/h1-8H2,(H,11,12)(H,13,14);5H,2-4,6-7H2,1H3. The molecule has 0 aliphatic rings. The average molecular weight is 304 g/mol. The van der Waals surface area contributed by atoms with E-state index in [0.717, 1.165) is 51.4 Å². The van der Waals surface area contributed by atoms with Crippen LogP contribution in [0.2, 0.25) is 0 Å². The summed E-state index contributed by atoms with van der Waals surface area (Å²) in [6.45, 7) is 2.13. The van der Waals surface area contributed by atoms with Crippen molar-refractivity contribution >= 4 is 11.9 Å². The molecule has 0 heterocycles. The molecule has 0 saturated carbocycles. The lowest BCUT2D eigenvalue weighted by Crippen LogP contribution is -2.29. The zero-order chi connectivity index (χ0) is 16.5. The number of hydrogen-bond acceptors (Lipinski definition) is 4. The minimum atomic E-state index is -0.740. The molecule has 0 radical (unpaired) electrons. The lowest BCUT2D eigenvalue weighted by molar-refractivity contribution is -0.138. The number of hydrogen-bond donors (Lipinski definition) is 4. The highest BCUT2D eigenvalue weighted by Gasteiger charge is 1.98. The van der Waals surface area contributed by atoms with Crippen molar-refractivity contribution in [1.82, 2.24) is 0 Å². The lowest BCUT2D eigenvalue weighted by Gasteiger charge is -2.00. The van der Waals surface area contributed by atoms with Gasteiger partial charge >= 0.3 is 11.9 Å². The monoisotopic (exact) mass is 304 g/mol. The highest BCUT2D eigenvalue weighted by molar-refractivity contribution is 5.66. The first-order valence-corrected chi connectivity index (χ1v) is 7.84. The van der Waals surface area contributed by atoms with Gasteiger partial charge in [0.2, 0.25) is 0 Å². The lowest BCUT2D eigenvalue weighted by atomic mass is 10.1. The third kappa shape index (κ3) is 27.9. The van der Waals surface area contributed by atoms with Crippen molar-refractivity contribution in [1.29, 1.82) is 0 Å². The molecule has 6 heteroatoms. The molecule has 0 saturated heterocycles. The zero-order valence-corrected chi connectivity index (χ0v) is 13.2. The topological polar surface area (TPSA) is 127 Å². The predicted molar refractivity (Wildman–Crippen MR) is 83.9 cm³/mol. The van der Waals surface area contributed by atoms with Gasteiger partial charge in [-0.15, -0.1) is 0 Å². The maximum atomic E-state index is 10.1. The van der Waals surface area contributed by atoms with Gasteiger partial charge in [-0.2, -0.15) is 0 Å². The van der Waals surface area contributed by atoms with Crippen LogP contribution in [0.5, 0.6) is 0 Å². The van der Waals surface area contributed by atoms with E-state index in [0.29, 0.717) is 0 Å². The van der Waals surface area contributed by atoms with E-state index in [2.05, 4.69) is 6.92 Å². The van der Waals surface area contributed by atoms with Gasteiger partial charge in [0.05, 0.1) is 6.17 Å². The molecule has 0 aliphatic heterocycles. The first-order valence-electron chi connectivity index (χ1n) is 7.84. The molecule has 0 aromatic heterocycles. The Morgan fingerprint density at radius 2 is 1.19 bits per heavy atom. The second kappa shape index (κ2) is 16.9. The van der Waals surface area contributed by atoms with Gasteiger partial charge in [-0.25, -0.2) is 0 Å². The van der Waals surface area contributed by atoms with Gasteiger partial charge in [-0.3, -0.25) is 9.59 Å². The van der Waals surface area contributed by atoms with E-state index < -0.39 is 11.9 Å². The van der Waals surface area contributed by atoms with Crippen LogP contribution in [0.1, 0.15) is 77.6 Å². The highest BCUT2D eigenvalue weighted by atomic mass is 16.4. The Balaban J connectivity index is 0. The number of carboxylic acid groups (broad SMARTS) is 2. The molecular weight excluding hydrogens is 272 g/mol. The molecule has 0 amide bonds. The van der Waals surface area contributed by atoms with Crippen LogP contribution in [0.15, 0.2) is 0 Å². The first kappa shape index (κ1) is 22.1. The van der Waals surface area contributed by atoms with Crippen LogP contribution in [0.3, 0.4) is 0 Å². The van der Waals surface area contributed by atoms with Crippen molar-refractivity contribution in [3.8, 4) is 0 Å². The van der Waals surface area contributed by atoms with Crippen LogP contribution < -0.4 is 11.5 Å². The molecule has 0 rings (SSSR count). The smallest absolute Gasteiger partial charge is 0.303 e. The summed E-state index contributed by atoms with van der Waals surface area (Å²) in [6.07, 6.45) is 9.02. The summed E-state index contributed by atoms with van der Waals surface area (Å²) in [5.74, 6) is -1.48. The predicted octanol–water partition coefficient (Wildman–Crippen LogP) is 2.70. The normalized spacial score (nSPS) is 10.1. The third-order valence-electron chi connectivity index (χ3n) is 2.92. The summed E-state index contributed by atoms with van der Waals surface area (Å²) >= 11 is 0. The minimum Gasteiger partial charge on any atom is -0.481 e. The molecule has 6 nitrogen and oxygen atoms in total. The Morgan fingerprint density at radius 1 is 0.810 bits per heavy atom. The number of carbonyl (C=O) groups is 2. The van der Waals surface area contributed by atoms with Gasteiger partial charge in [-0.05, 0) is 19.3 Å². The molecule has 0 atom stereocenters. The Hall–Kier alpha value is -1.14. The molecule has 6 N–H and O–H groups in total. The first-order chi connectivity index (χ1) is 9.90. The van der Waals surface area contributed by atoms with Crippen molar-refractivity contribution < 1.29 is 19.8 Å². The number of nitrogens with two attached hydrogens (primary N) is 2. The number of aliphatic carboxylic acids is 2. The highest BCUT2D eigenvalue weighted by Crippen LogP contribution is 2.08. The summed E-state index contributed by atoms with van der Waals surface area (Å²) in [6, 6.07) is 0. The van der Waals surface area contributed by atoms with Crippen molar-refractivity contribution in [3.63, 3.8) is 0 Å². The average Bonchev–Trinajstić information content (AvgIpc) is 2.39. The van der Waals surface area contributed by atoms with E-state index >= 15 is 0 Å². The van der Waals surface area contributed by atoms with Crippen molar-refractivity contribution in [2.75, 3.05) is 0 Å². The van der Waals surface area contributed by atoms with E-state index in [-0.39, 0.29) is 19.0 Å². The Bertz CT molecular complexity index is 238. The molecule has 0 bridgehead atoms. The molecule has 126 valence electrons. The van der Waals surface area contributed by atoms with Gasteiger partial charge in [-0.1, -0.05) is 45.4 Å². The van der Waals surface area contributed by atoms with Gasteiger partial charge in [0, 0.05) is 12.8 Å². The van der Waals surface area contributed by atoms with Gasteiger partial charge in [0.25, 0.3) is 0 Å². The third-order valence-corrected chi connectivity index (χ3v) is 2.92. The van der Waals surface area contributed by atoms with E-state index in [1.165, 1.54) is 6.42 Å². The Morgan fingerprint density at radius 3 is 1.43 bits per heavy atom. The quantitative estimate of drug-likeness (QED) is 0.324. The van der Waals surface area contributed by atoms with Crippen molar-refractivity contribution in [2.45, 2.75) is 83.7 Å². The summed E-state index contributed by atoms with van der Waals surface area (Å²) in [5, 5.41) is 16.7.